The summed E-state index contributed by atoms with van der Waals surface area (Å²) in [5.74, 6) is -0.108. The number of nitrogens with zero attached hydrogens (tertiary/aromatic N) is 5. The van der Waals surface area contributed by atoms with Crippen molar-refractivity contribution in [3.8, 4) is 0 Å². The number of likely N-dealkylation sites (tertiary alicyclic amines) is 1. The molecule has 5 heterocycles. The van der Waals surface area contributed by atoms with E-state index in [2.05, 4.69) is 14.9 Å². The van der Waals surface area contributed by atoms with Crippen molar-refractivity contribution >= 4 is 34.8 Å². The zero-order valence-corrected chi connectivity index (χ0v) is 21.0. The van der Waals surface area contributed by atoms with E-state index >= 15 is 0 Å². The van der Waals surface area contributed by atoms with Crippen LogP contribution in [-0.4, -0.2) is 52.9 Å². The number of carbonyl (C=O) groups is 2. The number of aromatic nitrogens is 2. The highest BCUT2D eigenvalue weighted by Gasteiger charge is 2.54. The number of anilines is 2. The van der Waals surface area contributed by atoms with Crippen LogP contribution in [0.1, 0.15) is 45.8 Å². The molecule has 36 heavy (non-hydrogen) atoms. The highest BCUT2D eigenvalue weighted by molar-refractivity contribution is 6.31. The van der Waals surface area contributed by atoms with Crippen molar-refractivity contribution < 1.29 is 9.59 Å². The van der Waals surface area contributed by atoms with Gasteiger partial charge in [-0.2, -0.15) is 0 Å². The predicted octanol–water partition coefficient (Wildman–Crippen LogP) is 3.45. The van der Waals surface area contributed by atoms with Crippen LogP contribution in [0.15, 0.2) is 55.0 Å². The first-order valence-corrected chi connectivity index (χ1v) is 12.4. The number of carbonyl (C=O) groups excluding carboxylic acids is 2. The molecule has 3 aliphatic heterocycles. The Morgan fingerprint density at radius 2 is 1.83 bits per heavy atom. The maximum absolute atomic E-state index is 13.3. The standard InChI is InChI=1S/C27H27ClN6O2/c1-26(2)22-8-18(28)5-6-21(22)24(35)34(26)20-9-19(11-30-12-20)32-13-27(14-32)15-33(16-27)25(36)23-17(10-29)4-3-7-31-23/h3-9,11-12H,10,13-16,29H2,1-2H3. The topological polar surface area (TPSA) is 95.7 Å². The van der Waals surface area contributed by atoms with Crippen LogP contribution in [0.2, 0.25) is 5.02 Å². The number of hydrogen-bond donors (Lipinski definition) is 1. The molecule has 2 amide bonds. The van der Waals surface area contributed by atoms with Gasteiger partial charge in [-0.3, -0.25) is 24.5 Å². The summed E-state index contributed by atoms with van der Waals surface area (Å²) in [6, 6.07) is 11.1. The second kappa shape index (κ2) is 8.01. The average molecular weight is 503 g/mol. The molecule has 0 bridgehead atoms. The van der Waals surface area contributed by atoms with Gasteiger partial charge in [-0.1, -0.05) is 17.7 Å². The molecular weight excluding hydrogens is 476 g/mol. The lowest BCUT2D eigenvalue weighted by molar-refractivity contribution is -0.0109. The second-order valence-electron chi connectivity index (χ2n) is 10.5. The van der Waals surface area contributed by atoms with Gasteiger partial charge in [-0.05, 0) is 55.3 Å². The van der Waals surface area contributed by atoms with Crippen LogP contribution < -0.4 is 15.5 Å². The van der Waals surface area contributed by atoms with Crippen molar-refractivity contribution in [2.45, 2.75) is 25.9 Å². The normalized spacial score (nSPS) is 19.2. The maximum Gasteiger partial charge on any atom is 0.272 e. The summed E-state index contributed by atoms with van der Waals surface area (Å²) in [5.41, 5.74) is 9.84. The summed E-state index contributed by atoms with van der Waals surface area (Å²) >= 11 is 6.23. The molecule has 184 valence electrons. The summed E-state index contributed by atoms with van der Waals surface area (Å²) in [5, 5.41) is 0.615. The van der Waals surface area contributed by atoms with Crippen LogP contribution in [0.3, 0.4) is 0 Å². The number of nitrogens with two attached hydrogens (primary N) is 1. The van der Waals surface area contributed by atoms with E-state index in [9.17, 15) is 9.59 Å². The van der Waals surface area contributed by atoms with Gasteiger partial charge in [0.2, 0.25) is 0 Å². The zero-order valence-electron chi connectivity index (χ0n) is 20.2. The molecular formula is C27H27ClN6O2. The van der Waals surface area contributed by atoms with Crippen molar-refractivity contribution in [1.29, 1.82) is 0 Å². The SMILES string of the molecule is CC1(C)c2cc(Cl)ccc2C(=O)N1c1cncc(N2CC3(CN(C(=O)c4ncccc4CN)C3)C2)c1. The lowest BCUT2D eigenvalue weighted by Crippen LogP contribution is -2.73. The van der Waals surface area contributed by atoms with Gasteiger partial charge in [-0.25, -0.2) is 0 Å². The Morgan fingerprint density at radius 3 is 2.58 bits per heavy atom. The summed E-state index contributed by atoms with van der Waals surface area (Å²) < 4.78 is 0. The molecule has 8 nitrogen and oxygen atoms in total. The number of hydrogen-bond acceptors (Lipinski definition) is 6. The lowest BCUT2D eigenvalue weighted by atomic mass is 9.72. The molecule has 2 fully saturated rings. The molecule has 0 atom stereocenters. The molecule has 0 radical (unpaired) electrons. The van der Waals surface area contributed by atoms with Gasteiger partial charge in [0.1, 0.15) is 5.69 Å². The number of pyridine rings is 2. The maximum atomic E-state index is 13.3. The van der Waals surface area contributed by atoms with Crippen molar-refractivity contribution in [3.63, 3.8) is 0 Å². The molecule has 1 aromatic carbocycles. The number of halogens is 1. The fourth-order valence-corrected chi connectivity index (χ4v) is 6.03. The van der Waals surface area contributed by atoms with Gasteiger partial charge in [0, 0.05) is 54.9 Å². The third-order valence-corrected chi connectivity index (χ3v) is 7.91. The average Bonchev–Trinajstić information content (AvgIpc) is 3.01. The molecule has 1 spiro atoms. The Labute approximate surface area is 214 Å². The van der Waals surface area contributed by atoms with Crippen LogP contribution in [0, 0.1) is 5.41 Å². The van der Waals surface area contributed by atoms with E-state index in [4.69, 9.17) is 17.3 Å². The number of amides is 2. The number of fused-ring (bicyclic) bond motifs is 1. The fourth-order valence-electron chi connectivity index (χ4n) is 5.85. The molecule has 2 aromatic heterocycles. The van der Waals surface area contributed by atoms with E-state index in [1.807, 2.05) is 43.1 Å². The Bertz CT molecular complexity index is 1390. The lowest BCUT2D eigenvalue weighted by Gasteiger charge is -2.60. The molecule has 3 aliphatic rings. The Kier molecular flexibility index (Phi) is 5.10. The van der Waals surface area contributed by atoms with Crippen LogP contribution in [-0.2, 0) is 12.1 Å². The van der Waals surface area contributed by atoms with Crippen molar-refractivity contribution in [1.82, 2.24) is 14.9 Å². The van der Waals surface area contributed by atoms with E-state index in [1.165, 1.54) is 0 Å². The van der Waals surface area contributed by atoms with Crippen LogP contribution in [0.25, 0.3) is 0 Å². The van der Waals surface area contributed by atoms with Crippen molar-refractivity contribution in [2.24, 2.45) is 11.1 Å². The van der Waals surface area contributed by atoms with Crippen LogP contribution in [0.5, 0.6) is 0 Å². The second-order valence-corrected chi connectivity index (χ2v) is 11.0. The largest absolute Gasteiger partial charge is 0.369 e. The summed E-state index contributed by atoms with van der Waals surface area (Å²) in [4.78, 5) is 40.8. The molecule has 9 heteroatoms. The Balaban J connectivity index is 1.15. The van der Waals surface area contributed by atoms with E-state index in [-0.39, 0.29) is 17.2 Å². The summed E-state index contributed by atoms with van der Waals surface area (Å²) in [7, 11) is 0. The first kappa shape index (κ1) is 22.9. The first-order chi connectivity index (χ1) is 17.2. The van der Waals surface area contributed by atoms with Gasteiger partial charge in [0.25, 0.3) is 11.8 Å². The van der Waals surface area contributed by atoms with Gasteiger partial charge in [0.15, 0.2) is 0 Å². The van der Waals surface area contributed by atoms with E-state index in [0.29, 0.717) is 35.9 Å². The van der Waals surface area contributed by atoms with Gasteiger partial charge in [0.05, 0.1) is 29.3 Å². The molecule has 6 rings (SSSR count). The van der Waals surface area contributed by atoms with Gasteiger partial charge in [-0.15, -0.1) is 0 Å². The van der Waals surface area contributed by atoms with Crippen molar-refractivity contribution in [3.05, 3.63) is 82.4 Å². The Morgan fingerprint density at radius 1 is 1.08 bits per heavy atom. The molecule has 0 aliphatic carbocycles. The highest BCUT2D eigenvalue weighted by Crippen LogP contribution is 2.45. The minimum atomic E-state index is -0.545. The smallest absolute Gasteiger partial charge is 0.272 e. The fraction of sp³-hybridized carbons (Fsp3) is 0.333. The molecule has 3 aromatic rings. The monoisotopic (exact) mass is 502 g/mol. The number of benzene rings is 1. The van der Waals surface area contributed by atoms with E-state index < -0.39 is 5.54 Å². The third-order valence-electron chi connectivity index (χ3n) is 7.67. The van der Waals surface area contributed by atoms with Crippen LogP contribution in [0.4, 0.5) is 11.4 Å². The van der Waals surface area contributed by atoms with E-state index in [1.54, 1.807) is 35.5 Å². The third kappa shape index (κ3) is 3.39. The molecule has 2 N–H and O–H groups in total. The zero-order chi connectivity index (χ0) is 25.2. The minimum absolute atomic E-state index is 0.0507. The first-order valence-electron chi connectivity index (χ1n) is 12.0. The van der Waals surface area contributed by atoms with Crippen molar-refractivity contribution in [2.75, 3.05) is 36.0 Å². The number of rotatable bonds is 4. The predicted molar refractivity (Wildman–Crippen MR) is 138 cm³/mol. The van der Waals surface area contributed by atoms with Crippen LogP contribution >= 0.6 is 11.6 Å². The molecule has 0 unspecified atom stereocenters. The highest BCUT2D eigenvalue weighted by atomic mass is 35.5. The van der Waals surface area contributed by atoms with E-state index in [0.717, 1.165) is 35.6 Å². The Hall–Kier alpha value is -3.49. The van der Waals surface area contributed by atoms with Gasteiger partial charge >= 0.3 is 0 Å². The molecule has 2 saturated heterocycles. The quantitative estimate of drug-likeness (QED) is 0.587. The molecule has 0 saturated carbocycles. The minimum Gasteiger partial charge on any atom is -0.369 e. The van der Waals surface area contributed by atoms with Gasteiger partial charge < -0.3 is 15.5 Å². The summed E-state index contributed by atoms with van der Waals surface area (Å²) in [6.45, 7) is 7.40. The summed E-state index contributed by atoms with van der Waals surface area (Å²) in [6.07, 6.45) is 5.20.